The summed E-state index contributed by atoms with van der Waals surface area (Å²) in [6.07, 6.45) is 1.73. The molecule has 9 heteroatoms. The first kappa shape index (κ1) is 23.9. The van der Waals surface area contributed by atoms with Gasteiger partial charge in [0.15, 0.2) is 5.65 Å². The Morgan fingerprint density at radius 1 is 1.09 bits per heavy atom. The minimum absolute atomic E-state index is 0.167. The molecule has 0 spiro atoms. The molecule has 0 fully saturated rings. The third-order valence-corrected chi connectivity index (χ3v) is 5.58. The Morgan fingerprint density at radius 2 is 1.89 bits per heavy atom. The predicted molar refractivity (Wildman–Crippen MR) is 137 cm³/mol. The average Bonchev–Trinajstić information content (AvgIpc) is 3.30. The molecule has 2 aromatic heterocycles. The number of aromatic nitrogens is 3. The lowest BCUT2D eigenvalue weighted by Crippen LogP contribution is -2.29. The quantitative estimate of drug-likeness (QED) is 0.362. The zero-order chi connectivity index (χ0) is 24.9. The summed E-state index contributed by atoms with van der Waals surface area (Å²) in [6, 6.07) is 15.0. The number of amides is 2. The van der Waals surface area contributed by atoms with Gasteiger partial charge in [0, 0.05) is 36.8 Å². The molecular weight excluding hydrogens is 444 g/mol. The van der Waals surface area contributed by atoms with E-state index in [1.54, 1.807) is 39.5 Å². The smallest absolute Gasteiger partial charge is 0.255 e. The molecule has 0 aliphatic heterocycles. The number of aromatic amines is 1. The number of para-hydroxylation sites is 1. The standard InChI is InChI=1S/C26H28N6O3/c1-5-27-15-23(33)29-21-11-10-16(12-19(21)26(34)32(2)3)17-13-20-24(30-31-25(20)28-14-17)18-8-6-7-9-22(18)35-4/h6-14,27H,5,15H2,1-4H3,(H,29,33)(H,28,30,31). The number of carbonyl (C=O) groups excluding carboxylic acids is 2. The van der Waals surface area contributed by atoms with Crippen molar-refractivity contribution in [2.24, 2.45) is 0 Å². The van der Waals surface area contributed by atoms with Crippen molar-refractivity contribution in [1.82, 2.24) is 25.4 Å². The van der Waals surface area contributed by atoms with Gasteiger partial charge in [-0.3, -0.25) is 14.7 Å². The third kappa shape index (κ3) is 4.99. The zero-order valence-corrected chi connectivity index (χ0v) is 20.2. The van der Waals surface area contributed by atoms with Crippen molar-refractivity contribution < 1.29 is 14.3 Å². The van der Waals surface area contributed by atoms with Crippen molar-refractivity contribution in [3.63, 3.8) is 0 Å². The summed E-state index contributed by atoms with van der Waals surface area (Å²) in [6.45, 7) is 2.77. The summed E-state index contributed by atoms with van der Waals surface area (Å²) < 4.78 is 5.51. The van der Waals surface area contributed by atoms with Gasteiger partial charge in [0.05, 0.1) is 24.9 Å². The highest BCUT2D eigenvalue weighted by molar-refractivity contribution is 6.05. The molecule has 2 heterocycles. The Kier molecular flexibility index (Phi) is 7.07. The number of fused-ring (bicyclic) bond motifs is 1. The van der Waals surface area contributed by atoms with Crippen molar-refractivity contribution in [2.75, 3.05) is 39.6 Å². The van der Waals surface area contributed by atoms with Crippen LogP contribution in [0.25, 0.3) is 33.4 Å². The van der Waals surface area contributed by atoms with Crippen molar-refractivity contribution >= 4 is 28.5 Å². The SMILES string of the molecule is CCNCC(=O)Nc1ccc(-c2cnc3[nH]nc(-c4ccccc4OC)c3c2)cc1C(=O)N(C)C. The summed E-state index contributed by atoms with van der Waals surface area (Å²) in [5.41, 5.74) is 4.68. The Labute approximate surface area is 203 Å². The van der Waals surface area contributed by atoms with Crippen LogP contribution in [0.15, 0.2) is 54.7 Å². The van der Waals surface area contributed by atoms with Gasteiger partial charge in [-0.1, -0.05) is 25.1 Å². The van der Waals surface area contributed by atoms with Crippen LogP contribution in [0.1, 0.15) is 17.3 Å². The molecule has 9 nitrogen and oxygen atoms in total. The highest BCUT2D eigenvalue weighted by Gasteiger charge is 2.18. The molecule has 2 amide bonds. The lowest BCUT2D eigenvalue weighted by Gasteiger charge is -2.16. The molecule has 0 bridgehead atoms. The lowest BCUT2D eigenvalue weighted by atomic mass is 10.0. The number of hydrogen-bond acceptors (Lipinski definition) is 6. The summed E-state index contributed by atoms with van der Waals surface area (Å²) in [7, 11) is 4.98. The van der Waals surface area contributed by atoms with Crippen molar-refractivity contribution in [3.05, 3.63) is 60.3 Å². The van der Waals surface area contributed by atoms with Crippen LogP contribution in [0, 0.1) is 0 Å². The van der Waals surface area contributed by atoms with E-state index < -0.39 is 0 Å². The normalized spacial score (nSPS) is 10.9. The Morgan fingerprint density at radius 3 is 2.63 bits per heavy atom. The molecule has 3 N–H and O–H groups in total. The molecule has 0 radical (unpaired) electrons. The maximum atomic E-state index is 12.9. The fourth-order valence-electron chi connectivity index (χ4n) is 3.79. The van der Waals surface area contributed by atoms with Crippen molar-refractivity contribution in [3.8, 4) is 28.1 Å². The number of rotatable bonds is 8. The molecule has 0 saturated heterocycles. The monoisotopic (exact) mass is 472 g/mol. The van der Waals surface area contributed by atoms with Gasteiger partial charge in [-0.05, 0) is 42.4 Å². The van der Waals surface area contributed by atoms with Crippen LogP contribution in [-0.4, -0.2) is 66.2 Å². The maximum Gasteiger partial charge on any atom is 0.255 e. The second-order valence-electron chi connectivity index (χ2n) is 8.18. The number of nitrogens with zero attached hydrogens (tertiary/aromatic N) is 3. The Bertz CT molecular complexity index is 1380. The number of likely N-dealkylation sites (N-methyl/N-ethyl adjacent to an activating group) is 1. The molecular formula is C26H28N6O3. The molecule has 180 valence electrons. The number of carbonyl (C=O) groups is 2. The van der Waals surface area contributed by atoms with Crippen LogP contribution in [0.2, 0.25) is 0 Å². The topological polar surface area (TPSA) is 112 Å². The fraction of sp³-hybridized carbons (Fsp3) is 0.231. The molecule has 0 saturated carbocycles. The first-order valence-electron chi connectivity index (χ1n) is 11.3. The molecule has 4 aromatic rings. The highest BCUT2D eigenvalue weighted by Crippen LogP contribution is 2.35. The van der Waals surface area contributed by atoms with E-state index in [4.69, 9.17) is 4.74 Å². The molecule has 0 atom stereocenters. The largest absolute Gasteiger partial charge is 0.496 e. The van der Waals surface area contributed by atoms with Crippen LogP contribution < -0.4 is 15.4 Å². The van der Waals surface area contributed by atoms with Crippen LogP contribution >= 0.6 is 0 Å². The second kappa shape index (κ2) is 10.4. The summed E-state index contributed by atoms with van der Waals surface area (Å²) in [5.74, 6) is 0.288. The molecule has 35 heavy (non-hydrogen) atoms. The molecule has 0 unspecified atom stereocenters. The number of H-pyrrole nitrogens is 1. The molecule has 0 aliphatic carbocycles. The fourth-order valence-corrected chi connectivity index (χ4v) is 3.79. The maximum absolute atomic E-state index is 12.9. The van der Waals surface area contributed by atoms with Gasteiger partial charge in [0.1, 0.15) is 11.4 Å². The van der Waals surface area contributed by atoms with Gasteiger partial charge in [-0.2, -0.15) is 5.10 Å². The minimum atomic E-state index is -0.213. The van der Waals surface area contributed by atoms with E-state index >= 15 is 0 Å². The van der Waals surface area contributed by atoms with Crippen LogP contribution in [0.4, 0.5) is 5.69 Å². The summed E-state index contributed by atoms with van der Waals surface area (Å²) >= 11 is 0. The van der Waals surface area contributed by atoms with Gasteiger partial charge in [-0.15, -0.1) is 0 Å². The minimum Gasteiger partial charge on any atom is -0.496 e. The number of hydrogen-bond donors (Lipinski definition) is 3. The Balaban J connectivity index is 1.77. The van der Waals surface area contributed by atoms with E-state index in [-0.39, 0.29) is 18.4 Å². The number of benzene rings is 2. The van der Waals surface area contributed by atoms with Gasteiger partial charge < -0.3 is 20.3 Å². The first-order chi connectivity index (χ1) is 16.9. The number of ether oxygens (including phenoxy) is 1. The molecule has 4 rings (SSSR count). The van der Waals surface area contributed by atoms with Crippen LogP contribution in [-0.2, 0) is 4.79 Å². The van der Waals surface area contributed by atoms with E-state index in [1.807, 2.05) is 43.3 Å². The second-order valence-corrected chi connectivity index (χ2v) is 8.18. The van der Waals surface area contributed by atoms with E-state index in [2.05, 4.69) is 25.8 Å². The van der Waals surface area contributed by atoms with E-state index in [1.165, 1.54) is 4.90 Å². The van der Waals surface area contributed by atoms with E-state index in [0.717, 1.165) is 27.8 Å². The van der Waals surface area contributed by atoms with Crippen molar-refractivity contribution in [2.45, 2.75) is 6.92 Å². The lowest BCUT2D eigenvalue weighted by molar-refractivity contribution is -0.115. The summed E-state index contributed by atoms with van der Waals surface area (Å²) in [5, 5.41) is 14.1. The molecule has 0 aliphatic rings. The first-order valence-corrected chi connectivity index (χ1v) is 11.3. The Hall–Kier alpha value is -4.24. The van der Waals surface area contributed by atoms with E-state index in [0.29, 0.717) is 29.2 Å². The number of methoxy groups -OCH3 is 1. The van der Waals surface area contributed by atoms with Gasteiger partial charge in [0.2, 0.25) is 5.91 Å². The number of anilines is 1. The number of pyridine rings is 1. The summed E-state index contributed by atoms with van der Waals surface area (Å²) in [4.78, 5) is 31.2. The molecule has 2 aromatic carbocycles. The number of nitrogens with one attached hydrogen (secondary N) is 3. The van der Waals surface area contributed by atoms with Crippen LogP contribution in [0.5, 0.6) is 5.75 Å². The van der Waals surface area contributed by atoms with Gasteiger partial charge in [0.25, 0.3) is 5.91 Å². The zero-order valence-electron chi connectivity index (χ0n) is 20.2. The van der Waals surface area contributed by atoms with Crippen molar-refractivity contribution in [1.29, 1.82) is 0 Å². The van der Waals surface area contributed by atoms with E-state index in [9.17, 15) is 9.59 Å². The highest BCUT2D eigenvalue weighted by atomic mass is 16.5. The third-order valence-electron chi connectivity index (χ3n) is 5.58. The average molecular weight is 473 g/mol. The van der Waals surface area contributed by atoms with Crippen LogP contribution in [0.3, 0.4) is 0 Å². The van der Waals surface area contributed by atoms with Gasteiger partial charge >= 0.3 is 0 Å². The predicted octanol–water partition coefficient (Wildman–Crippen LogP) is 3.55. The van der Waals surface area contributed by atoms with Gasteiger partial charge in [-0.25, -0.2) is 4.98 Å².